The van der Waals surface area contributed by atoms with Crippen LogP contribution in [-0.2, 0) is 16.6 Å². The van der Waals surface area contributed by atoms with Crippen molar-refractivity contribution in [2.24, 2.45) is 0 Å². The molecule has 0 saturated heterocycles. The maximum Gasteiger partial charge on any atom is 0.264 e. The van der Waals surface area contributed by atoms with Crippen molar-refractivity contribution in [1.29, 1.82) is 0 Å². The van der Waals surface area contributed by atoms with Gasteiger partial charge in [-0.05, 0) is 48.0 Å². The first kappa shape index (κ1) is 17.5. The van der Waals surface area contributed by atoms with Crippen molar-refractivity contribution < 1.29 is 12.8 Å². The number of rotatable bonds is 5. The van der Waals surface area contributed by atoms with Gasteiger partial charge >= 0.3 is 0 Å². The predicted octanol–water partition coefficient (Wildman–Crippen LogP) is 4.87. The smallest absolute Gasteiger partial charge is 0.262 e. The summed E-state index contributed by atoms with van der Waals surface area (Å²) in [7, 11) is -3.86. The highest BCUT2D eigenvalue weighted by Crippen LogP contribution is 2.27. The summed E-state index contributed by atoms with van der Waals surface area (Å²) in [4.78, 5) is 0.140. The molecule has 0 aliphatic carbocycles. The molecule has 0 atom stereocenters. The van der Waals surface area contributed by atoms with E-state index in [9.17, 15) is 12.8 Å². The fraction of sp³-hybridized carbons (Fsp3) is 0.0526. The molecule has 0 fully saturated rings. The van der Waals surface area contributed by atoms with Crippen LogP contribution < -0.4 is 4.31 Å². The van der Waals surface area contributed by atoms with Gasteiger partial charge in [0, 0.05) is 5.02 Å². The molecule has 0 aromatic heterocycles. The first-order chi connectivity index (χ1) is 12.0. The molecule has 3 rings (SSSR count). The molecule has 0 heterocycles. The summed E-state index contributed by atoms with van der Waals surface area (Å²) >= 11 is 6.00. The monoisotopic (exact) mass is 375 g/mol. The molecule has 0 amide bonds. The minimum absolute atomic E-state index is 0.0429. The lowest BCUT2D eigenvalue weighted by molar-refractivity contribution is 0.590. The summed E-state index contributed by atoms with van der Waals surface area (Å²) in [6.45, 7) is 0.0429. The van der Waals surface area contributed by atoms with Gasteiger partial charge in [0.2, 0.25) is 0 Å². The van der Waals surface area contributed by atoms with Gasteiger partial charge in [0.05, 0.1) is 17.1 Å². The summed E-state index contributed by atoms with van der Waals surface area (Å²) in [5, 5.41) is 0.508. The van der Waals surface area contributed by atoms with E-state index in [0.29, 0.717) is 10.6 Å². The van der Waals surface area contributed by atoms with Crippen LogP contribution in [0.1, 0.15) is 5.56 Å². The van der Waals surface area contributed by atoms with Crippen molar-refractivity contribution >= 4 is 27.3 Å². The molecule has 0 unspecified atom stereocenters. The Kier molecular flexibility index (Phi) is 5.06. The molecular weight excluding hydrogens is 361 g/mol. The van der Waals surface area contributed by atoms with Crippen molar-refractivity contribution in [3.63, 3.8) is 0 Å². The quantitative estimate of drug-likeness (QED) is 0.637. The Morgan fingerprint density at radius 2 is 1.60 bits per heavy atom. The molecule has 3 nitrogen and oxygen atoms in total. The van der Waals surface area contributed by atoms with Crippen molar-refractivity contribution in [2.45, 2.75) is 11.4 Å². The van der Waals surface area contributed by atoms with Gasteiger partial charge in [0.15, 0.2) is 0 Å². The van der Waals surface area contributed by atoms with Gasteiger partial charge in [-0.3, -0.25) is 4.31 Å². The molecule has 128 valence electrons. The number of halogens is 2. The third-order valence-electron chi connectivity index (χ3n) is 3.64. The summed E-state index contributed by atoms with van der Waals surface area (Å²) in [6, 6.07) is 20.5. The topological polar surface area (TPSA) is 37.4 Å². The van der Waals surface area contributed by atoms with Crippen LogP contribution in [0.25, 0.3) is 0 Å². The molecule has 3 aromatic carbocycles. The highest BCUT2D eigenvalue weighted by Gasteiger charge is 2.25. The summed E-state index contributed by atoms with van der Waals surface area (Å²) in [6.07, 6.45) is 0. The molecule has 0 saturated carbocycles. The fourth-order valence-electron chi connectivity index (χ4n) is 2.47. The van der Waals surface area contributed by atoms with E-state index < -0.39 is 15.8 Å². The van der Waals surface area contributed by atoms with Crippen LogP contribution in [0.15, 0.2) is 83.8 Å². The lowest BCUT2D eigenvalue weighted by Gasteiger charge is -2.25. The summed E-state index contributed by atoms with van der Waals surface area (Å²) < 4.78 is 41.1. The first-order valence-electron chi connectivity index (χ1n) is 7.54. The molecule has 0 spiro atoms. The number of sulfonamides is 1. The molecule has 25 heavy (non-hydrogen) atoms. The molecule has 6 heteroatoms. The second-order valence-electron chi connectivity index (χ2n) is 5.43. The van der Waals surface area contributed by atoms with Crippen molar-refractivity contribution in [3.8, 4) is 0 Å². The van der Waals surface area contributed by atoms with E-state index in [2.05, 4.69) is 0 Å². The molecule has 0 radical (unpaired) electrons. The van der Waals surface area contributed by atoms with Crippen LogP contribution in [0.5, 0.6) is 0 Å². The van der Waals surface area contributed by atoms with Crippen LogP contribution in [0.4, 0.5) is 10.1 Å². The Morgan fingerprint density at radius 3 is 2.28 bits per heavy atom. The highest BCUT2D eigenvalue weighted by atomic mass is 35.5. The Labute approximate surface area is 151 Å². The number of nitrogens with zero attached hydrogens (tertiary/aromatic N) is 1. The van der Waals surface area contributed by atoms with E-state index in [-0.39, 0.29) is 17.1 Å². The van der Waals surface area contributed by atoms with E-state index in [4.69, 9.17) is 11.6 Å². The third kappa shape index (κ3) is 4.00. The van der Waals surface area contributed by atoms with Gasteiger partial charge < -0.3 is 0 Å². The van der Waals surface area contributed by atoms with Gasteiger partial charge in [0.25, 0.3) is 10.0 Å². The fourth-order valence-corrected chi connectivity index (χ4v) is 4.15. The van der Waals surface area contributed by atoms with E-state index in [1.165, 1.54) is 34.6 Å². The van der Waals surface area contributed by atoms with Gasteiger partial charge in [-0.25, -0.2) is 12.8 Å². The van der Waals surface area contributed by atoms with Crippen LogP contribution in [0.2, 0.25) is 5.02 Å². The number of benzene rings is 3. The average molecular weight is 376 g/mol. The zero-order valence-electron chi connectivity index (χ0n) is 13.1. The van der Waals surface area contributed by atoms with Crippen molar-refractivity contribution in [3.05, 3.63) is 95.3 Å². The largest absolute Gasteiger partial charge is 0.264 e. The van der Waals surface area contributed by atoms with Gasteiger partial charge in [-0.1, -0.05) is 48.0 Å². The zero-order chi connectivity index (χ0) is 17.9. The Morgan fingerprint density at radius 1 is 0.880 bits per heavy atom. The van der Waals surface area contributed by atoms with Gasteiger partial charge in [0.1, 0.15) is 5.82 Å². The SMILES string of the molecule is O=S(=O)(c1ccccc1)N(Cc1cccc(Cl)c1)c1cccc(F)c1. The van der Waals surface area contributed by atoms with Crippen LogP contribution >= 0.6 is 11.6 Å². The molecule has 0 bridgehead atoms. The minimum atomic E-state index is -3.86. The predicted molar refractivity (Wildman–Crippen MR) is 97.7 cm³/mol. The van der Waals surface area contributed by atoms with E-state index >= 15 is 0 Å². The highest BCUT2D eigenvalue weighted by molar-refractivity contribution is 7.92. The standard InChI is InChI=1S/C19H15ClFNO2S/c20-16-7-4-6-15(12-16)14-22(18-9-5-8-17(21)13-18)25(23,24)19-10-2-1-3-11-19/h1-13H,14H2. The van der Waals surface area contributed by atoms with Crippen LogP contribution in [0, 0.1) is 5.82 Å². The second-order valence-corrected chi connectivity index (χ2v) is 7.73. The maximum atomic E-state index is 13.7. The Balaban J connectivity index is 2.09. The van der Waals surface area contributed by atoms with E-state index in [1.807, 2.05) is 0 Å². The zero-order valence-corrected chi connectivity index (χ0v) is 14.7. The Bertz CT molecular complexity index is 977. The number of anilines is 1. The third-order valence-corrected chi connectivity index (χ3v) is 5.67. The molecule has 0 N–H and O–H groups in total. The first-order valence-corrected chi connectivity index (χ1v) is 9.36. The number of hydrogen-bond acceptors (Lipinski definition) is 2. The number of hydrogen-bond donors (Lipinski definition) is 0. The Hall–Kier alpha value is -2.37. The van der Waals surface area contributed by atoms with Crippen LogP contribution in [-0.4, -0.2) is 8.42 Å². The van der Waals surface area contributed by atoms with Gasteiger partial charge in [-0.15, -0.1) is 0 Å². The normalized spacial score (nSPS) is 11.3. The molecule has 3 aromatic rings. The molecule has 0 aliphatic rings. The minimum Gasteiger partial charge on any atom is -0.262 e. The van der Waals surface area contributed by atoms with E-state index in [1.54, 1.807) is 48.5 Å². The van der Waals surface area contributed by atoms with Crippen molar-refractivity contribution in [1.82, 2.24) is 0 Å². The summed E-state index contributed by atoms with van der Waals surface area (Å²) in [5.74, 6) is -0.503. The maximum absolute atomic E-state index is 13.7. The summed E-state index contributed by atoms with van der Waals surface area (Å²) in [5.41, 5.74) is 0.958. The lowest BCUT2D eigenvalue weighted by Crippen LogP contribution is -2.30. The average Bonchev–Trinajstić information content (AvgIpc) is 2.60. The molecule has 0 aliphatic heterocycles. The van der Waals surface area contributed by atoms with Crippen LogP contribution in [0.3, 0.4) is 0 Å². The van der Waals surface area contributed by atoms with Crippen molar-refractivity contribution in [2.75, 3.05) is 4.31 Å². The van der Waals surface area contributed by atoms with E-state index in [0.717, 1.165) is 0 Å². The lowest BCUT2D eigenvalue weighted by atomic mass is 10.2. The second kappa shape index (κ2) is 7.25. The van der Waals surface area contributed by atoms with Gasteiger partial charge in [-0.2, -0.15) is 0 Å². The molecular formula is C19H15ClFNO2S.